The summed E-state index contributed by atoms with van der Waals surface area (Å²) in [6.45, 7) is 9.13. The van der Waals surface area contributed by atoms with Crippen molar-refractivity contribution < 1.29 is 23.3 Å². The number of carbonyl (C=O) groups excluding carboxylic acids is 2. The third-order valence-corrected chi connectivity index (χ3v) is 4.88. The summed E-state index contributed by atoms with van der Waals surface area (Å²) < 4.78 is 23.1. The maximum absolute atomic E-state index is 12.6. The largest absolute Gasteiger partial charge is 0.465 e. The fourth-order valence-electron chi connectivity index (χ4n) is 2.17. The predicted molar refractivity (Wildman–Crippen MR) is 105 cm³/mol. The Morgan fingerprint density at radius 2 is 1.65 bits per heavy atom. The van der Waals surface area contributed by atoms with Gasteiger partial charge in [-0.1, -0.05) is 40.2 Å². The van der Waals surface area contributed by atoms with E-state index in [9.17, 15) is 13.8 Å². The minimum Gasteiger partial charge on any atom is -0.465 e. The topological polar surface area (TPSA) is 69.7 Å². The molecular weight excluding hydrogens is 420 g/mol. The quantitative estimate of drug-likeness (QED) is 0.426. The van der Waals surface area contributed by atoms with Gasteiger partial charge in [-0.15, -0.1) is 0 Å². The molecule has 0 heterocycles. The summed E-state index contributed by atoms with van der Waals surface area (Å²) in [6, 6.07) is 7.14. The molecule has 0 aliphatic heterocycles. The lowest BCUT2D eigenvalue weighted by molar-refractivity contribution is -0.167. The van der Waals surface area contributed by atoms with Gasteiger partial charge >= 0.3 is 11.9 Å². The van der Waals surface area contributed by atoms with E-state index in [1.165, 1.54) is 11.5 Å². The van der Waals surface area contributed by atoms with E-state index in [1.54, 1.807) is 26.0 Å². The molecule has 0 aromatic heterocycles. The van der Waals surface area contributed by atoms with Crippen molar-refractivity contribution in [2.75, 3.05) is 13.2 Å². The Morgan fingerprint density at radius 3 is 2.08 bits per heavy atom. The van der Waals surface area contributed by atoms with E-state index in [4.69, 9.17) is 9.47 Å². The highest BCUT2D eigenvalue weighted by Crippen LogP contribution is 2.34. The molecule has 26 heavy (non-hydrogen) atoms. The molecule has 0 spiro atoms. The highest BCUT2D eigenvalue weighted by Gasteiger charge is 2.47. The average molecular weight is 443 g/mol. The van der Waals surface area contributed by atoms with Gasteiger partial charge in [-0.05, 0) is 43.5 Å². The first-order valence-electron chi connectivity index (χ1n) is 8.11. The Kier molecular flexibility index (Phi) is 8.95. The molecule has 0 fully saturated rings. The van der Waals surface area contributed by atoms with E-state index in [1.807, 2.05) is 19.1 Å². The summed E-state index contributed by atoms with van der Waals surface area (Å²) >= 11 is 3.19. The van der Waals surface area contributed by atoms with Crippen LogP contribution in [-0.4, -0.2) is 29.4 Å². The molecule has 0 aliphatic rings. The van der Waals surface area contributed by atoms with Gasteiger partial charge in [0, 0.05) is 16.7 Å². The van der Waals surface area contributed by atoms with E-state index in [0.29, 0.717) is 9.38 Å². The summed E-state index contributed by atoms with van der Waals surface area (Å²) in [5.74, 6) is -1.53. The highest BCUT2D eigenvalue weighted by atomic mass is 79.9. The average Bonchev–Trinajstić information content (AvgIpc) is 2.59. The molecule has 0 N–H and O–H groups in total. The molecule has 1 atom stereocenters. The number of rotatable bonds is 9. The van der Waals surface area contributed by atoms with Crippen LogP contribution in [0.5, 0.6) is 0 Å². The van der Waals surface area contributed by atoms with Crippen LogP contribution in [0.25, 0.3) is 0 Å². The molecule has 0 saturated heterocycles. The Bertz CT molecular complexity index is 691. The molecule has 0 amide bonds. The Morgan fingerprint density at radius 1 is 1.15 bits per heavy atom. The number of allylic oxidation sites excluding steroid dienone is 1. The van der Waals surface area contributed by atoms with E-state index >= 15 is 0 Å². The number of ether oxygens (including phenoxy) is 2. The van der Waals surface area contributed by atoms with Crippen LogP contribution in [0.15, 0.2) is 51.7 Å². The fraction of sp³-hybridized carbons (Fsp3) is 0.368. The van der Waals surface area contributed by atoms with E-state index < -0.39 is 28.2 Å². The summed E-state index contributed by atoms with van der Waals surface area (Å²) in [4.78, 5) is 25.7. The van der Waals surface area contributed by atoms with Gasteiger partial charge in [-0.25, -0.2) is 4.21 Å². The minimum atomic E-state index is -1.74. The third kappa shape index (κ3) is 5.92. The summed E-state index contributed by atoms with van der Waals surface area (Å²) in [5, 5.41) is 1.31. The van der Waals surface area contributed by atoms with Crippen molar-refractivity contribution in [3.63, 3.8) is 0 Å². The SMILES string of the molecule is C=C(Br)CC(/C=C/S(=O)c1ccc(C)cc1)(C(=O)OCC)C(=O)OCC. The zero-order valence-corrected chi connectivity index (χ0v) is 17.5. The number of aryl methyl sites for hydroxylation is 1. The predicted octanol–water partition coefficient (Wildman–Crippen LogP) is 4.03. The molecule has 0 saturated carbocycles. The van der Waals surface area contributed by atoms with Crippen LogP contribution < -0.4 is 0 Å². The van der Waals surface area contributed by atoms with Crippen molar-refractivity contribution in [3.05, 3.63) is 52.4 Å². The van der Waals surface area contributed by atoms with Crippen LogP contribution in [-0.2, 0) is 29.9 Å². The van der Waals surface area contributed by atoms with Gasteiger partial charge in [-0.2, -0.15) is 0 Å². The molecule has 0 bridgehead atoms. The van der Waals surface area contributed by atoms with Crippen LogP contribution in [0.2, 0.25) is 0 Å². The van der Waals surface area contributed by atoms with Gasteiger partial charge in [0.1, 0.15) is 0 Å². The zero-order valence-electron chi connectivity index (χ0n) is 15.1. The van der Waals surface area contributed by atoms with E-state index in [0.717, 1.165) is 5.56 Å². The molecular formula is C19H23BrO5S. The first-order chi connectivity index (χ1) is 12.3. The lowest BCUT2D eigenvalue weighted by atomic mass is 9.84. The third-order valence-electron chi connectivity index (χ3n) is 3.48. The van der Waals surface area contributed by atoms with Crippen molar-refractivity contribution >= 4 is 38.7 Å². The maximum atomic E-state index is 12.6. The number of halogens is 1. The van der Waals surface area contributed by atoms with E-state index in [-0.39, 0.29) is 19.6 Å². The van der Waals surface area contributed by atoms with Crippen molar-refractivity contribution in [2.24, 2.45) is 5.41 Å². The summed E-state index contributed by atoms with van der Waals surface area (Å²) in [6.07, 6.45) is 1.23. The van der Waals surface area contributed by atoms with Crippen LogP contribution in [0.3, 0.4) is 0 Å². The molecule has 1 aromatic carbocycles. The molecule has 7 heteroatoms. The molecule has 5 nitrogen and oxygen atoms in total. The first-order valence-corrected chi connectivity index (χ1v) is 10.1. The van der Waals surface area contributed by atoms with E-state index in [2.05, 4.69) is 22.5 Å². The number of esters is 2. The first kappa shape index (κ1) is 22.3. The van der Waals surface area contributed by atoms with Crippen molar-refractivity contribution in [2.45, 2.75) is 32.1 Å². The Hall–Kier alpha value is -1.73. The lowest BCUT2D eigenvalue weighted by Crippen LogP contribution is -2.40. The smallest absolute Gasteiger partial charge is 0.327 e. The number of hydrogen-bond acceptors (Lipinski definition) is 5. The van der Waals surface area contributed by atoms with Gasteiger partial charge in [0.15, 0.2) is 5.41 Å². The van der Waals surface area contributed by atoms with Gasteiger partial charge in [0.05, 0.1) is 24.0 Å². The minimum absolute atomic E-state index is 0.0632. The Labute approximate surface area is 165 Å². The Balaban J connectivity index is 3.29. The van der Waals surface area contributed by atoms with Crippen molar-refractivity contribution in [1.29, 1.82) is 0 Å². The monoisotopic (exact) mass is 442 g/mol. The summed E-state index contributed by atoms with van der Waals surface area (Å²) in [7, 11) is -1.54. The number of benzene rings is 1. The highest BCUT2D eigenvalue weighted by molar-refractivity contribution is 9.11. The van der Waals surface area contributed by atoms with Crippen LogP contribution >= 0.6 is 15.9 Å². The van der Waals surface area contributed by atoms with Gasteiger partial charge in [-0.3, -0.25) is 9.59 Å². The maximum Gasteiger partial charge on any atom is 0.327 e. The normalized spacial score (nSPS) is 12.6. The molecule has 1 aromatic rings. The second kappa shape index (κ2) is 10.4. The molecule has 142 valence electrons. The van der Waals surface area contributed by atoms with Gasteiger partial charge < -0.3 is 9.47 Å². The van der Waals surface area contributed by atoms with Gasteiger partial charge in [0.2, 0.25) is 0 Å². The van der Waals surface area contributed by atoms with Crippen LogP contribution in [0, 0.1) is 12.3 Å². The lowest BCUT2D eigenvalue weighted by Gasteiger charge is -2.25. The second-order valence-electron chi connectivity index (χ2n) is 5.52. The van der Waals surface area contributed by atoms with Crippen molar-refractivity contribution in [3.8, 4) is 0 Å². The van der Waals surface area contributed by atoms with Crippen LogP contribution in [0.4, 0.5) is 0 Å². The number of hydrogen-bond donors (Lipinski definition) is 0. The summed E-state index contributed by atoms with van der Waals surface area (Å²) in [5.41, 5.74) is -0.704. The molecule has 0 radical (unpaired) electrons. The fourth-order valence-corrected chi connectivity index (χ4v) is 3.53. The standard InChI is InChI=1S/C19H23BrO5S/c1-5-24-17(21)19(13-15(4)20,18(22)25-6-2)11-12-26(23)16-9-7-14(3)8-10-16/h7-12H,4-6,13H2,1-3H3/b12-11+. The zero-order chi connectivity index (χ0) is 19.7. The van der Waals surface area contributed by atoms with Gasteiger partial charge in [0.25, 0.3) is 0 Å². The van der Waals surface area contributed by atoms with Crippen molar-refractivity contribution in [1.82, 2.24) is 0 Å². The van der Waals surface area contributed by atoms with Crippen LogP contribution in [0.1, 0.15) is 25.8 Å². The molecule has 1 unspecified atom stereocenters. The molecule has 1 rings (SSSR count). The second-order valence-corrected chi connectivity index (χ2v) is 7.98. The number of carbonyl (C=O) groups is 2. The molecule has 0 aliphatic carbocycles.